The summed E-state index contributed by atoms with van der Waals surface area (Å²) in [6.45, 7) is 1.90. The topological polar surface area (TPSA) is 66.3 Å². The van der Waals surface area contributed by atoms with E-state index >= 15 is 0 Å². The number of hydrogen-bond donors (Lipinski definition) is 1. The molecule has 0 amide bonds. The summed E-state index contributed by atoms with van der Waals surface area (Å²) in [6, 6.07) is 9.79. The second-order valence-corrected chi connectivity index (χ2v) is 5.39. The summed E-state index contributed by atoms with van der Waals surface area (Å²) in [5.41, 5.74) is 3.80. The Morgan fingerprint density at radius 2 is 1.82 bits per heavy atom. The van der Waals surface area contributed by atoms with Crippen LogP contribution in [-0.4, -0.2) is 34.3 Å². The number of nitrogens with zero attached hydrogens (tertiary/aromatic N) is 5. The van der Waals surface area contributed by atoms with Gasteiger partial charge in [0.05, 0.1) is 6.21 Å². The fourth-order valence-corrected chi connectivity index (χ4v) is 2.48. The molecule has 0 atom stereocenters. The van der Waals surface area contributed by atoms with Crippen molar-refractivity contribution in [3.8, 4) is 0 Å². The van der Waals surface area contributed by atoms with E-state index in [1.54, 1.807) is 6.21 Å². The van der Waals surface area contributed by atoms with Gasteiger partial charge in [0.25, 0.3) is 0 Å². The largest absolute Gasteiger partial charge is 0.341 e. The van der Waals surface area contributed by atoms with E-state index in [9.17, 15) is 0 Å². The minimum atomic E-state index is 0.174. The molecule has 1 aromatic heterocycles. The number of anilines is 2. The number of halogens is 1. The van der Waals surface area contributed by atoms with Gasteiger partial charge < -0.3 is 4.90 Å². The molecule has 0 saturated carbocycles. The summed E-state index contributed by atoms with van der Waals surface area (Å²) in [6.07, 6.45) is 5.26. The molecule has 1 saturated heterocycles. The van der Waals surface area contributed by atoms with Crippen molar-refractivity contribution in [3.63, 3.8) is 0 Å². The van der Waals surface area contributed by atoms with Crippen molar-refractivity contribution in [3.05, 3.63) is 41.2 Å². The van der Waals surface area contributed by atoms with E-state index in [0.29, 0.717) is 11.9 Å². The summed E-state index contributed by atoms with van der Waals surface area (Å²) in [5.74, 6) is 0.963. The van der Waals surface area contributed by atoms with Gasteiger partial charge in [-0.15, -0.1) is 0 Å². The first-order valence-electron chi connectivity index (χ1n) is 7.32. The molecule has 7 heteroatoms. The Hall–Kier alpha value is -2.21. The molecule has 1 aromatic carbocycles. The van der Waals surface area contributed by atoms with Gasteiger partial charge in [0, 0.05) is 13.1 Å². The van der Waals surface area contributed by atoms with Crippen molar-refractivity contribution in [1.82, 2.24) is 15.0 Å². The predicted octanol–water partition coefficient (Wildman–Crippen LogP) is 2.96. The molecule has 0 bridgehead atoms. The van der Waals surface area contributed by atoms with Crippen molar-refractivity contribution in [2.75, 3.05) is 23.4 Å². The summed E-state index contributed by atoms with van der Waals surface area (Å²) in [5, 5.41) is 4.31. The summed E-state index contributed by atoms with van der Waals surface area (Å²) < 4.78 is 0. The lowest BCUT2D eigenvalue weighted by Gasteiger charge is -2.26. The average Bonchev–Trinajstić information content (AvgIpc) is 2.56. The molecule has 0 spiro atoms. The minimum Gasteiger partial charge on any atom is -0.341 e. The Balaban J connectivity index is 1.70. The van der Waals surface area contributed by atoms with E-state index in [4.69, 9.17) is 11.6 Å². The molecule has 0 unspecified atom stereocenters. The van der Waals surface area contributed by atoms with Crippen LogP contribution in [0.5, 0.6) is 0 Å². The maximum absolute atomic E-state index is 5.98. The number of hydrazone groups is 1. The van der Waals surface area contributed by atoms with Crippen LogP contribution in [0.1, 0.15) is 24.8 Å². The Labute approximate surface area is 134 Å². The molecule has 3 rings (SSSR count). The highest BCUT2D eigenvalue weighted by molar-refractivity contribution is 6.28. The van der Waals surface area contributed by atoms with E-state index in [0.717, 1.165) is 31.5 Å². The summed E-state index contributed by atoms with van der Waals surface area (Å²) >= 11 is 5.98. The SMILES string of the molecule is Clc1nc(N/N=C\c2ccccc2)nc(N2CCCCC2)n1. The number of rotatable bonds is 4. The molecule has 6 nitrogen and oxygen atoms in total. The molecule has 1 aliphatic rings. The molecule has 2 heterocycles. The summed E-state index contributed by atoms with van der Waals surface area (Å²) in [7, 11) is 0. The van der Waals surface area contributed by atoms with E-state index in [1.165, 1.54) is 6.42 Å². The average molecular weight is 317 g/mol. The maximum Gasteiger partial charge on any atom is 0.249 e. The second-order valence-electron chi connectivity index (χ2n) is 5.06. The van der Waals surface area contributed by atoms with Crippen LogP contribution in [-0.2, 0) is 0 Å². The number of benzene rings is 1. The zero-order valence-corrected chi connectivity index (χ0v) is 12.9. The van der Waals surface area contributed by atoms with E-state index in [2.05, 4.69) is 30.4 Å². The Kier molecular flexibility index (Phi) is 4.80. The molecular weight excluding hydrogens is 300 g/mol. The van der Waals surface area contributed by atoms with Gasteiger partial charge in [0.15, 0.2) is 0 Å². The van der Waals surface area contributed by atoms with Crippen LogP contribution in [0.4, 0.5) is 11.9 Å². The molecule has 22 heavy (non-hydrogen) atoms. The van der Waals surface area contributed by atoms with Crippen LogP contribution < -0.4 is 10.3 Å². The molecule has 1 N–H and O–H groups in total. The van der Waals surface area contributed by atoms with Gasteiger partial charge in [-0.25, -0.2) is 5.43 Å². The van der Waals surface area contributed by atoms with E-state index < -0.39 is 0 Å². The van der Waals surface area contributed by atoms with Crippen molar-refractivity contribution in [2.45, 2.75) is 19.3 Å². The van der Waals surface area contributed by atoms with Crippen LogP contribution in [0.15, 0.2) is 35.4 Å². The normalized spacial score (nSPS) is 15.2. The first kappa shape index (κ1) is 14.7. The van der Waals surface area contributed by atoms with Gasteiger partial charge in [-0.05, 0) is 36.4 Å². The lowest BCUT2D eigenvalue weighted by Crippen LogP contribution is -2.31. The first-order valence-corrected chi connectivity index (χ1v) is 7.70. The zero-order chi connectivity index (χ0) is 15.2. The van der Waals surface area contributed by atoms with Crippen molar-refractivity contribution in [2.24, 2.45) is 5.10 Å². The molecular formula is C15H17ClN6. The first-order chi connectivity index (χ1) is 10.8. The molecule has 0 radical (unpaired) electrons. The fraction of sp³-hybridized carbons (Fsp3) is 0.333. The van der Waals surface area contributed by atoms with Crippen molar-refractivity contribution >= 4 is 29.7 Å². The third kappa shape index (κ3) is 3.92. The monoisotopic (exact) mass is 316 g/mol. The van der Waals surface area contributed by atoms with Gasteiger partial charge in [0.2, 0.25) is 17.2 Å². The Morgan fingerprint density at radius 3 is 2.59 bits per heavy atom. The number of nitrogens with one attached hydrogen (secondary N) is 1. The molecule has 0 aliphatic carbocycles. The standard InChI is InChI=1S/C15H17ClN6/c16-13-18-14(21-17-11-12-7-3-1-4-8-12)20-15(19-13)22-9-5-2-6-10-22/h1,3-4,7-8,11H,2,5-6,9-10H2,(H,18,19,20,21)/b17-11-. The van der Waals surface area contributed by atoms with Gasteiger partial charge in [-0.1, -0.05) is 30.3 Å². The van der Waals surface area contributed by atoms with Gasteiger partial charge in [-0.3, -0.25) is 0 Å². The lowest BCUT2D eigenvalue weighted by atomic mass is 10.1. The molecule has 1 aliphatic heterocycles. The maximum atomic E-state index is 5.98. The number of piperidine rings is 1. The zero-order valence-electron chi connectivity index (χ0n) is 12.1. The minimum absolute atomic E-state index is 0.174. The highest BCUT2D eigenvalue weighted by atomic mass is 35.5. The van der Waals surface area contributed by atoms with Crippen molar-refractivity contribution < 1.29 is 0 Å². The van der Waals surface area contributed by atoms with Gasteiger partial charge in [0.1, 0.15) is 0 Å². The molecule has 2 aromatic rings. The smallest absolute Gasteiger partial charge is 0.249 e. The van der Waals surface area contributed by atoms with Crippen LogP contribution in [0, 0.1) is 0 Å². The van der Waals surface area contributed by atoms with E-state index in [-0.39, 0.29) is 5.28 Å². The second kappa shape index (κ2) is 7.17. The van der Waals surface area contributed by atoms with Crippen LogP contribution in [0.25, 0.3) is 0 Å². The molecule has 1 fully saturated rings. The highest BCUT2D eigenvalue weighted by Gasteiger charge is 2.15. The fourth-order valence-electron chi connectivity index (χ4n) is 2.33. The lowest BCUT2D eigenvalue weighted by molar-refractivity contribution is 0.567. The third-order valence-electron chi connectivity index (χ3n) is 3.41. The van der Waals surface area contributed by atoms with E-state index in [1.807, 2.05) is 30.3 Å². The number of hydrogen-bond acceptors (Lipinski definition) is 6. The number of aromatic nitrogens is 3. The third-order valence-corrected chi connectivity index (χ3v) is 3.58. The van der Waals surface area contributed by atoms with Crippen LogP contribution >= 0.6 is 11.6 Å². The summed E-state index contributed by atoms with van der Waals surface area (Å²) in [4.78, 5) is 14.8. The van der Waals surface area contributed by atoms with Crippen LogP contribution in [0.3, 0.4) is 0 Å². The predicted molar refractivity (Wildman–Crippen MR) is 88.6 cm³/mol. The van der Waals surface area contributed by atoms with Crippen molar-refractivity contribution in [1.29, 1.82) is 0 Å². The Bertz CT molecular complexity index is 640. The Morgan fingerprint density at radius 1 is 1.05 bits per heavy atom. The van der Waals surface area contributed by atoms with Gasteiger partial charge in [-0.2, -0.15) is 20.1 Å². The highest BCUT2D eigenvalue weighted by Crippen LogP contribution is 2.18. The van der Waals surface area contributed by atoms with Gasteiger partial charge >= 0.3 is 0 Å². The van der Waals surface area contributed by atoms with Crippen LogP contribution in [0.2, 0.25) is 5.28 Å². The quantitative estimate of drug-likeness (QED) is 0.694. The molecule has 114 valence electrons.